The van der Waals surface area contributed by atoms with Gasteiger partial charge in [0.25, 0.3) is 0 Å². The van der Waals surface area contributed by atoms with Gasteiger partial charge in [-0.15, -0.1) is 0 Å². The van der Waals surface area contributed by atoms with Crippen molar-refractivity contribution in [3.8, 4) is 11.5 Å². The fraction of sp³-hybridized carbons (Fsp3) is 0.480. The highest BCUT2D eigenvalue weighted by molar-refractivity contribution is 6.10. The molecule has 0 N–H and O–H groups in total. The van der Waals surface area contributed by atoms with E-state index in [0.717, 1.165) is 60.6 Å². The third-order valence-corrected chi connectivity index (χ3v) is 7.25. The number of amides is 2. The first-order valence-electron chi connectivity index (χ1n) is 11.3. The van der Waals surface area contributed by atoms with Crippen molar-refractivity contribution in [2.75, 3.05) is 13.3 Å². The van der Waals surface area contributed by atoms with Gasteiger partial charge in [-0.25, -0.2) is 0 Å². The van der Waals surface area contributed by atoms with E-state index in [4.69, 9.17) is 9.47 Å². The molecule has 7 heteroatoms. The van der Waals surface area contributed by atoms with Crippen LogP contribution in [0.2, 0.25) is 0 Å². The Morgan fingerprint density at radius 1 is 1.03 bits per heavy atom. The van der Waals surface area contributed by atoms with Gasteiger partial charge >= 0.3 is 0 Å². The number of likely N-dealkylation sites (tertiary alicyclic amines) is 1. The van der Waals surface area contributed by atoms with Gasteiger partial charge in [0.15, 0.2) is 17.3 Å². The van der Waals surface area contributed by atoms with Crippen molar-refractivity contribution >= 4 is 17.6 Å². The summed E-state index contributed by atoms with van der Waals surface area (Å²) in [5.41, 5.74) is 2.82. The monoisotopic (exact) mass is 436 g/mol. The quantitative estimate of drug-likeness (QED) is 0.527. The molecule has 168 valence electrons. The predicted molar refractivity (Wildman–Crippen MR) is 117 cm³/mol. The third-order valence-electron chi connectivity index (χ3n) is 7.25. The Bertz CT molecular complexity index is 1110. The molecule has 3 aliphatic rings. The minimum atomic E-state index is -0.564. The highest BCUT2D eigenvalue weighted by Crippen LogP contribution is 2.45. The minimum absolute atomic E-state index is 0.148. The number of rotatable bonds is 5. The maximum atomic E-state index is 13.2. The summed E-state index contributed by atoms with van der Waals surface area (Å²) in [5.74, 6) is 0.916. The first-order chi connectivity index (χ1) is 15.4. The smallest absolute Gasteiger partial charge is 0.236 e. The third kappa shape index (κ3) is 3.40. The van der Waals surface area contributed by atoms with Crippen LogP contribution in [0.1, 0.15) is 65.8 Å². The molecule has 1 saturated heterocycles. The highest BCUT2D eigenvalue weighted by Gasteiger charge is 2.51. The molecule has 0 bridgehead atoms. The number of nitrogens with zero attached hydrogens (tertiary/aromatic N) is 2. The van der Waals surface area contributed by atoms with Crippen molar-refractivity contribution in [3.63, 3.8) is 0 Å². The molecule has 2 fully saturated rings. The number of aryl methyl sites for hydroxylation is 1. The topological polar surface area (TPSA) is 77.8 Å². The van der Waals surface area contributed by atoms with E-state index in [1.807, 2.05) is 38.1 Å². The standard InChI is InChI=1S/C25H28N2O5/c1-16-10-19(17(2)26(16)13-18-6-7-21-22(11-18)32-15-31-21)20(28)14-27-23(29)12-25(24(27)30)8-4-3-5-9-25/h6-7,10-11H,3-5,8-9,12-15H2,1-2H3. The van der Waals surface area contributed by atoms with Crippen LogP contribution in [0.15, 0.2) is 24.3 Å². The fourth-order valence-electron chi connectivity index (χ4n) is 5.42. The fourth-order valence-corrected chi connectivity index (χ4v) is 5.42. The summed E-state index contributed by atoms with van der Waals surface area (Å²) in [6.07, 6.45) is 4.82. The number of hydrogen-bond donors (Lipinski definition) is 0. The van der Waals surface area contributed by atoms with Gasteiger partial charge in [-0.2, -0.15) is 0 Å². The van der Waals surface area contributed by atoms with Crippen molar-refractivity contribution in [3.05, 3.63) is 46.8 Å². The lowest BCUT2D eigenvalue weighted by Gasteiger charge is -2.30. The lowest BCUT2D eigenvalue weighted by Crippen LogP contribution is -2.39. The van der Waals surface area contributed by atoms with Gasteiger partial charge < -0.3 is 14.0 Å². The first kappa shape index (κ1) is 20.8. The molecular weight excluding hydrogens is 408 g/mol. The van der Waals surface area contributed by atoms with Crippen molar-refractivity contribution in [2.45, 2.75) is 58.9 Å². The van der Waals surface area contributed by atoms with E-state index in [1.165, 1.54) is 4.90 Å². The summed E-state index contributed by atoms with van der Waals surface area (Å²) < 4.78 is 12.9. The van der Waals surface area contributed by atoms with Crippen LogP contribution in [0, 0.1) is 19.3 Å². The Balaban J connectivity index is 1.34. The summed E-state index contributed by atoms with van der Waals surface area (Å²) in [4.78, 5) is 40.1. The van der Waals surface area contributed by atoms with Gasteiger partial charge in [0.05, 0.1) is 12.0 Å². The molecule has 1 aromatic carbocycles. The zero-order valence-electron chi connectivity index (χ0n) is 18.6. The lowest BCUT2D eigenvalue weighted by atomic mass is 9.73. The van der Waals surface area contributed by atoms with Crippen LogP contribution in [0.5, 0.6) is 11.5 Å². The largest absolute Gasteiger partial charge is 0.454 e. The van der Waals surface area contributed by atoms with Crippen LogP contribution in [0.3, 0.4) is 0 Å². The molecule has 3 heterocycles. The van der Waals surface area contributed by atoms with E-state index in [-0.39, 0.29) is 37.4 Å². The maximum Gasteiger partial charge on any atom is 0.236 e. The number of imide groups is 1. The maximum absolute atomic E-state index is 13.2. The zero-order valence-corrected chi connectivity index (χ0v) is 18.6. The number of carbonyl (C=O) groups excluding carboxylic acids is 3. The number of carbonyl (C=O) groups is 3. The number of aromatic nitrogens is 1. The molecule has 1 saturated carbocycles. The van der Waals surface area contributed by atoms with E-state index in [1.54, 1.807) is 0 Å². The van der Waals surface area contributed by atoms with Crippen LogP contribution in [0.4, 0.5) is 0 Å². The molecule has 7 nitrogen and oxygen atoms in total. The molecule has 2 amide bonds. The Morgan fingerprint density at radius 2 is 1.78 bits per heavy atom. The molecule has 1 spiro atoms. The Hall–Kier alpha value is -3.09. The summed E-state index contributed by atoms with van der Waals surface area (Å²) in [5, 5.41) is 0. The summed E-state index contributed by atoms with van der Waals surface area (Å²) in [7, 11) is 0. The van der Waals surface area contributed by atoms with Crippen LogP contribution < -0.4 is 9.47 Å². The second-order valence-corrected chi connectivity index (χ2v) is 9.28. The number of ether oxygens (including phenoxy) is 2. The van der Waals surface area contributed by atoms with Crippen molar-refractivity contribution in [1.29, 1.82) is 0 Å². The van der Waals surface area contributed by atoms with Gasteiger partial charge in [0.1, 0.15) is 0 Å². The van der Waals surface area contributed by atoms with Crippen LogP contribution in [-0.2, 0) is 16.1 Å². The molecule has 1 aliphatic carbocycles. The van der Waals surface area contributed by atoms with Crippen LogP contribution in [-0.4, -0.2) is 40.4 Å². The number of Topliss-reactive ketones (excluding diaryl/α,β-unsaturated/α-hetero) is 1. The van der Waals surface area contributed by atoms with E-state index >= 15 is 0 Å². The summed E-state index contributed by atoms with van der Waals surface area (Å²) in [6.45, 7) is 4.51. The predicted octanol–water partition coefficient (Wildman–Crippen LogP) is 3.77. The van der Waals surface area contributed by atoms with E-state index in [2.05, 4.69) is 4.57 Å². The van der Waals surface area contributed by atoms with E-state index in [9.17, 15) is 14.4 Å². The number of benzene rings is 1. The minimum Gasteiger partial charge on any atom is -0.454 e. The Labute approximate surface area is 187 Å². The molecular formula is C25H28N2O5. The molecule has 2 aliphatic heterocycles. The molecule has 5 rings (SSSR count). The number of fused-ring (bicyclic) bond motifs is 1. The van der Waals surface area contributed by atoms with Crippen LogP contribution in [0.25, 0.3) is 0 Å². The average molecular weight is 437 g/mol. The number of hydrogen-bond acceptors (Lipinski definition) is 5. The van der Waals surface area contributed by atoms with Crippen molar-refractivity contribution in [1.82, 2.24) is 9.47 Å². The second kappa shape index (κ2) is 7.80. The molecule has 0 unspecified atom stereocenters. The Kier molecular flexibility index (Phi) is 5.07. The lowest BCUT2D eigenvalue weighted by molar-refractivity contribution is -0.141. The van der Waals surface area contributed by atoms with Crippen LogP contribution >= 0.6 is 0 Å². The molecule has 1 aromatic heterocycles. The van der Waals surface area contributed by atoms with Crippen molar-refractivity contribution < 1.29 is 23.9 Å². The molecule has 2 aromatic rings. The van der Waals surface area contributed by atoms with Crippen molar-refractivity contribution in [2.24, 2.45) is 5.41 Å². The average Bonchev–Trinajstić information content (AvgIpc) is 3.42. The Morgan fingerprint density at radius 3 is 2.56 bits per heavy atom. The van der Waals surface area contributed by atoms with Gasteiger partial charge in [0, 0.05) is 29.9 Å². The summed E-state index contributed by atoms with van der Waals surface area (Å²) >= 11 is 0. The van der Waals surface area contributed by atoms with E-state index < -0.39 is 5.41 Å². The molecule has 32 heavy (non-hydrogen) atoms. The van der Waals surface area contributed by atoms with Gasteiger partial charge in [-0.1, -0.05) is 25.3 Å². The SMILES string of the molecule is Cc1cc(C(=O)CN2C(=O)CC3(CCCCC3)C2=O)c(C)n1Cc1ccc2c(c1)OCO2. The summed E-state index contributed by atoms with van der Waals surface area (Å²) in [6, 6.07) is 7.68. The molecule has 0 radical (unpaired) electrons. The highest BCUT2D eigenvalue weighted by atomic mass is 16.7. The normalized spacial score (nSPS) is 19.2. The van der Waals surface area contributed by atoms with E-state index in [0.29, 0.717) is 12.1 Å². The number of ketones is 1. The van der Waals surface area contributed by atoms with Gasteiger partial charge in [0.2, 0.25) is 18.6 Å². The molecule has 0 atom stereocenters. The van der Waals surface area contributed by atoms with Gasteiger partial charge in [-0.05, 0) is 50.5 Å². The van der Waals surface area contributed by atoms with Gasteiger partial charge in [-0.3, -0.25) is 19.3 Å². The first-order valence-corrected chi connectivity index (χ1v) is 11.3. The second-order valence-electron chi connectivity index (χ2n) is 9.28. The zero-order chi connectivity index (χ0) is 22.5.